The van der Waals surface area contributed by atoms with E-state index in [4.69, 9.17) is 11.6 Å². The van der Waals surface area contributed by atoms with Gasteiger partial charge in [-0.15, -0.1) is 24.8 Å². The van der Waals surface area contributed by atoms with Crippen molar-refractivity contribution in [2.75, 3.05) is 39.8 Å². The topological polar surface area (TPSA) is 35.6 Å². The maximum absolute atomic E-state index is 11.9. The first kappa shape index (κ1) is 21.5. The summed E-state index contributed by atoms with van der Waals surface area (Å²) in [5.41, 5.74) is 1.23. The predicted octanol–water partition coefficient (Wildman–Crippen LogP) is 2.44. The number of piperazine rings is 1. The van der Waals surface area contributed by atoms with Crippen molar-refractivity contribution in [3.8, 4) is 0 Å². The number of nitrogens with zero attached hydrogens (tertiary/aromatic N) is 2. The Hall–Kier alpha value is -0.520. The van der Waals surface area contributed by atoms with Crippen molar-refractivity contribution < 1.29 is 4.79 Å². The first-order valence-electron chi connectivity index (χ1n) is 7.08. The highest BCUT2D eigenvalue weighted by Crippen LogP contribution is 2.14. The van der Waals surface area contributed by atoms with Gasteiger partial charge in [0.2, 0.25) is 5.91 Å². The van der Waals surface area contributed by atoms with Gasteiger partial charge in [0.25, 0.3) is 0 Å². The number of rotatable bonds is 5. The van der Waals surface area contributed by atoms with Crippen molar-refractivity contribution in [2.24, 2.45) is 0 Å². The third-order valence-corrected chi connectivity index (χ3v) is 3.84. The van der Waals surface area contributed by atoms with E-state index in [0.717, 1.165) is 44.3 Å². The molecule has 1 heterocycles. The number of hydrogen-bond donors (Lipinski definition) is 1. The lowest BCUT2D eigenvalue weighted by Gasteiger charge is -2.34. The molecule has 22 heavy (non-hydrogen) atoms. The van der Waals surface area contributed by atoms with Crippen LogP contribution >= 0.6 is 36.4 Å². The van der Waals surface area contributed by atoms with Crippen molar-refractivity contribution >= 4 is 42.3 Å². The van der Waals surface area contributed by atoms with Gasteiger partial charge in [-0.2, -0.15) is 0 Å². The van der Waals surface area contributed by atoms with Gasteiger partial charge in [-0.3, -0.25) is 9.69 Å². The van der Waals surface area contributed by atoms with Crippen molar-refractivity contribution in [3.05, 3.63) is 34.9 Å². The normalized spacial score (nSPS) is 14.9. The molecule has 2 rings (SSSR count). The molecule has 0 bridgehead atoms. The Kier molecular flexibility index (Phi) is 10.8. The average molecular weight is 369 g/mol. The third kappa shape index (κ3) is 6.71. The first-order chi connectivity index (χ1) is 9.69. The number of carbonyl (C=O) groups excluding carboxylic acids is 1. The lowest BCUT2D eigenvalue weighted by molar-refractivity contribution is -0.132. The van der Waals surface area contributed by atoms with Crippen molar-refractivity contribution in [2.45, 2.75) is 13.0 Å². The molecular weight excluding hydrogens is 345 g/mol. The van der Waals surface area contributed by atoms with Crippen LogP contribution in [0.2, 0.25) is 5.02 Å². The molecule has 0 saturated carbocycles. The van der Waals surface area contributed by atoms with E-state index in [0.29, 0.717) is 6.42 Å². The fourth-order valence-corrected chi connectivity index (χ4v) is 2.65. The highest BCUT2D eigenvalue weighted by atomic mass is 35.5. The fraction of sp³-hybridized carbons (Fsp3) is 0.533. The molecule has 1 aromatic rings. The minimum absolute atomic E-state index is 0. The summed E-state index contributed by atoms with van der Waals surface area (Å²) in [4.78, 5) is 16.2. The number of halogens is 3. The summed E-state index contributed by atoms with van der Waals surface area (Å²) in [6.07, 6.45) is 0.588. The third-order valence-electron chi connectivity index (χ3n) is 3.61. The molecule has 1 aliphatic heterocycles. The number of carbonyl (C=O) groups is 1. The smallest absolute Gasteiger partial charge is 0.223 e. The SMILES string of the molecule is CNCCC(=O)N1CCN(Cc2cccc(Cl)c2)CC1.Cl.Cl. The van der Waals surface area contributed by atoms with Gasteiger partial charge in [0, 0.05) is 50.7 Å². The molecule has 0 unspecified atom stereocenters. The summed E-state index contributed by atoms with van der Waals surface area (Å²) in [7, 11) is 1.87. The number of nitrogens with one attached hydrogen (secondary N) is 1. The van der Waals surface area contributed by atoms with Crippen LogP contribution in [0.4, 0.5) is 0 Å². The Balaban J connectivity index is 0.00000220. The van der Waals surface area contributed by atoms with E-state index in [1.165, 1.54) is 5.56 Å². The number of hydrogen-bond acceptors (Lipinski definition) is 3. The quantitative estimate of drug-likeness (QED) is 0.867. The van der Waals surface area contributed by atoms with E-state index < -0.39 is 0 Å². The Morgan fingerprint density at radius 3 is 2.50 bits per heavy atom. The highest BCUT2D eigenvalue weighted by Gasteiger charge is 2.20. The van der Waals surface area contributed by atoms with Crippen LogP contribution in [0.15, 0.2) is 24.3 Å². The Morgan fingerprint density at radius 1 is 1.23 bits per heavy atom. The molecule has 1 N–H and O–H groups in total. The zero-order chi connectivity index (χ0) is 14.4. The van der Waals surface area contributed by atoms with E-state index in [9.17, 15) is 4.79 Å². The monoisotopic (exact) mass is 367 g/mol. The van der Waals surface area contributed by atoms with Crippen LogP contribution in [-0.2, 0) is 11.3 Å². The lowest BCUT2D eigenvalue weighted by Crippen LogP contribution is -2.48. The van der Waals surface area contributed by atoms with Crippen LogP contribution in [0.25, 0.3) is 0 Å². The molecule has 1 aliphatic rings. The average Bonchev–Trinajstić information content (AvgIpc) is 2.45. The maximum atomic E-state index is 11.9. The Bertz CT molecular complexity index is 451. The second-order valence-corrected chi connectivity index (χ2v) is 5.58. The van der Waals surface area contributed by atoms with Crippen molar-refractivity contribution in [1.82, 2.24) is 15.1 Å². The number of benzene rings is 1. The molecule has 1 saturated heterocycles. The molecule has 0 aromatic heterocycles. The predicted molar refractivity (Wildman–Crippen MR) is 96.3 cm³/mol. The van der Waals surface area contributed by atoms with E-state index in [1.54, 1.807) is 0 Å². The van der Waals surface area contributed by atoms with Crippen LogP contribution in [0.1, 0.15) is 12.0 Å². The molecule has 4 nitrogen and oxygen atoms in total. The van der Waals surface area contributed by atoms with Gasteiger partial charge in [0.05, 0.1) is 0 Å². The minimum Gasteiger partial charge on any atom is -0.340 e. The lowest BCUT2D eigenvalue weighted by atomic mass is 10.2. The molecular formula is C15H24Cl3N3O. The van der Waals surface area contributed by atoms with Crippen LogP contribution in [0.3, 0.4) is 0 Å². The molecule has 0 aliphatic carbocycles. The minimum atomic E-state index is 0. The van der Waals surface area contributed by atoms with E-state index in [-0.39, 0.29) is 30.7 Å². The number of amides is 1. The summed E-state index contributed by atoms with van der Waals surface area (Å²) in [5.74, 6) is 0.252. The van der Waals surface area contributed by atoms with Crippen molar-refractivity contribution in [1.29, 1.82) is 0 Å². The van der Waals surface area contributed by atoms with Gasteiger partial charge in [-0.1, -0.05) is 23.7 Å². The summed E-state index contributed by atoms with van der Waals surface area (Å²) < 4.78 is 0. The van der Waals surface area contributed by atoms with Gasteiger partial charge in [-0.25, -0.2) is 0 Å². The van der Waals surface area contributed by atoms with Gasteiger partial charge in [0.1, 0.15) is 0 Å². The van der Waals surface area contributed by atoms with Crippen LogP contribution < -0.4 is 5.32 Å². The van der Waals surface area contributed by atoms with Gasteiger partial charge in [0.15, 0.2) is 0 Å². The molecule has 1 fully saturated rings. The Morgan fingerprint density at radius 2 is 1.91 bits per heavy atom. The second-order valence-electron chi connectivity index (χ2n) is 5.14. The summed E-state index contributed by atoms with van der Waals surface area (Å²) in [6, 6.07) is 7.97. The summed E-state index contributed by atoms with van der Waals surface area (Å²) in [6.45, 7) is 5.16. The van der Waals surface area contributed by atoms with Crippen molar-refractivity contribution in [3.63, 3.8) is 0 Å². The molecule has 0 radical (unpaired) electrons. The van der Waals surface area contributed by atoms with Crippen LogP contribution in [0, 0.1) is 0 Å². The summed E-state index contributed by atoms with van der Waals surface area (Å²) in [5, 5.41) is 3.79. The van der Waals surface area contributed by atoms with Gasteiger partial charge < -0.3 is 10.2 Å². The molecule has 1 aromatic carbocycles. The standard InChI is InChI=1S/C15H22ClN3O.2ClH/c1-17-6-5-15(20)19-9-7-18(8-10-19)12-13-3-2-4-14(16)11-13;;/h2-4,11,17H,5-10,12H2,1H3;2*1H. The molecule has 0 spiro atoms. The van der Waals surface area contributed by atoms with Gasteiger partial charge in [-0.05, 0) is 24.7 Å². The molecule has 0 atom stereocenters. The second kappa shape index (κ2) is 11.1. The van der Waals surface area contributed by atoms with Gasteiger partial charge >= 0.3 is 0 Å². The molecule has 7 heteroatoms. The maximum Gasteiger partial charge on any atom is 0.223 e. The largest absolute Gasteiger partial charge is 0.340 e. The van der Waals surface area contributed by atoms with E-state index >= 15 is 0 Å². The fourth-order valence-electron chi connectivity index (χ4n) is 2.44. The summed E-state index contributed by atoms with van der Waals surface area (Å²) >= 11 is 6.00. The van der Waals surface area contributed by atoms with Crippen LogP contribution in [0.5, 0.6) is 0 Å². The Labute approximate surface area is 150 Å². The highest BCUT2D eigenvalue weighted by molar-refractivity contribution is 6.30. The first-order valence-corrected chi connectivity index (χ1v) is 7.46. The zero-order valence-electron chi connectivity index (χ0n) is 12.8. The molecule has 1 amide bonds. The van der Waals surface area contributed by atoms with E-state index in [1.807, 2.05) is 30.1 Å². The zero-order valence-corrected chi connectivity index (χ0v) is 15.1. The van der Waals surface area contributed by atoms with Crippen LogP contribution in [-0.4, -0.2) is 55.5 Å². The van der Waals surface area contributed by atoms with E-state index in [2.05, 4.69) is 16.3 Å². The molecule has 126 valence electrons.